The van der Waals surface area contributed by atoms with Crippen molar-refractivity contribution in [2.45, 2.75) is 0 Å². The zero-order valence-electron chi connectivity index (χ0n) is 28.9. The molecule has 0 aliphatic heterocycles. The van der Waals surface area contributed by atoms with Gasteiger partial charge in [0.25, 0.3) is 0 Å². The van der Waals surface area contributed by atoms with E-state index in [1.54, 1.807) is 0 Å². The van der Waals surface area contributed by atoms with Crippen molar-refractivity contribution in [1.29, 1.82) is 0 Å². The molecule has 0 amide bonds. The van der Waals surface area contributed by atoms with Gasteiger partial charge in [0.15, 0.2) is 5.65 Å². The van der Waals surface area contributed by atoms with Crippen molar-refractivity contribution in [3.8, 4) is 28.2 Å². The van der Waals surface area contributed by atoms with Gasteiger partial charge in [0.1, 0.15) is 11.3 Å². The Balaban J connectivity index is 1.36. The number of imidazole rings is 1. The second-order valence-corrected chi connectivity index (χ2v) is 12.8. The zero-order chi connectivity index (χ0) is 35.4. The lowest BCUT2D eigenvalue weighted by molar-refractivity contribution is 1.08. The number of para-hydroxylation sites is 5. The Morgan fingerprint density at radius 3 is 1.34 bits per heavy atom. The van der Waals surface area contributed by atoms with Crippen LogP contribution in [0.5, 0.6) is 0 Å². The van der Waals surface area contributed by atoms with E-state index in [0.29, 0.717) is 0 Å². The highest BCUT2D eigenvalue weighted by atomic mass is 15.2. The van der Waals surface area contributed by atoms with Gasteiger partial charge in [-0.25, -0.2) is 9.97 Å². The Kier molecular flexibility index (Phi) is 8.48. The Morgan fingerprint density at radius 1 is 0.377 bits per heavy atom. The molecular formula is C48H35N5. The van der Waals surface area contributed by atoms with Crippen LogP contribution in [0.2, 0.25) is 0 Å². The first kappa shape index (κ1) is 31.7. The average Bonchev–Trinajstić information content (AvgIpc) is 3.63. The van der Waals surface area contributed by atoms with E-state index < -0.39 is 0 Å². The summed E-state index contributed by atoms with van der Waals surface area (Å²) < 4.78 is 2.21. The van der Waals surface area contributed by atoms with Crippen LogP contribution >= 0.6 is 0 Å². The van der Waals surface area contributed by atoms with Crippen molar-refractivity contribution in [1.82, 2.24) is 14.5 Å². The largest absolute Gasteiger partial charge is 0.310 e. The summed E-state index contributed by atoms with van der Waals surface area (Å²) in [4.78, 5) is 14.9. The number of hydrogen-bond acceptors (Lipinski definition) is 4. The number of aromatic nitrogens is 3. The molecule has 9 aromatic rings. The van der Waals surface area contributed by atoms with E-state index in [1.807, 2.05) is 18.3 Å². The van der Waals surface area contributed by atoms with E-state index in [0.717, 1.165) is 73.5 Å². The summed E-state index contributed by atoms with van der Waals surface area (Å²) in [6.07, 6.45) is 1.84. The second-order valence-electron chi connectivity index (χ2n) is 12.8. The van der Waals surface area contributed by atoms with Gasteiger partial charge in [0.05, 0.1) is 5.69 Å². The first-order valence-corrected chi connectivity index (χ1v) is 17.8. The van der Waals surface area contributed by atoms with Crippen molar-refractivity contribution in [3.05, 3.63) is 212 Å². The first-order valence-electron chi connectivity index (χ1n) is 17.8. The number of anilines is 6. The fraction of sp³-hybridized carbons (Fsp3) is 0. The van der Waals surface area contributed by atoms with E-state index in [9.17, 15) is 0 Å². The Hall–Kier alpha value is -7.24. The van der Waals surface area contributed by atoms with Gasteiger partial charge in [0, 0.05) is 51.4 Å². The van der Waals surface area contributed by atoms with Crippen LogP contribution in [-0.2, 0) is 0 Å². The third kappa shape index (κ3) is 6.21. The number of rotatable bonds is 9. The molecule has 0 aliphatic carbocycles. The molecule has 0 N–H and O–H groups in total. The molecule has 9 rings (SSSR count). The smallest absolute Gasteiger partial charge is 0.164 e. The molecule has 2 aromatic heterocycles. The molecule has 0 aliphatic rings. The topological polar surface area (TPSA) is 37.2 Å². The third-order valence-electron chi connectivity index (χ3n) is 9.38. The van der Waals surface area contributed by atoms with Crippen molar-refractivity contribution in [2.75, 3.05) is 9.80 Å². The predicted octanol–water partition coefficient (Wildman–Crippen LogP) is 12.7. The number of pyridine rings is 1. The molecule has 53 heavy (non-hydrogen) atoms. The number of benzene rings is 7. The van der Waals surface area contributed by atoms with Crippen LogP contribution in [0.15, 0.2) is 212 Å². The van der Waals surface area contributed by atoms with Crippen molar-refractivity contribution < 1.29 is 0 Å². The maximum atomic E-state index is 5.35. The summed E-state index contributed by atoms with van der Waals surface area (Å²) in [6.45, 7) is 0. The SMILES string of the molecule is c1ccc(-c2ccccc2-n2c(-c3cc(N(c4ccccc4)c4ccccc4)cc(N(c4ccccc4)c4ccccc4)c3)nc3cccnc32)cc1. The van der Waals surface area contributed by atoms with Crippen LogP contribution < -0.4 is 9.80 Å². The van der Waals surface area contributed by atoms with Crippen LogP contribution in [0.1, 0.15) is 0 Å². The van der Waals surface area contributed by atoms with Gasteiger partial charge in [-0.3, -0.25) is 4.57 Å². The molecule has 0 saturated heterocycles. The minimum atomic E-state index is 0.795. The summed E-state index contributed by atoms with van der Waals surface area (Å²) in [5.74, 6) is 0.798. The molecule has 0 unspecified atom stereocenters. The van der Waals surface area contributed by atoms with Gasteiger partial charge in [-0.1, -0.05) is 121 Å². The second kappa shape index (κ2) is 14.2. The maximum absolute atomic E-state index is 5.35. The van der Waals surface area contributed by atoms with Crippen LogP contribution in [0, 0.1) is 0 Å². The Bertz CT molecular complexity index is 2430. The number of fused-ring (bicyclic) bond motifs is 1. The van der Waals surface area contributed by atoms with Gasteiger partial charge < -0.3 is 9.80 Å². The number of hydrogen-bond donors (Lipinski definition) is 0. The van der Waals surface area contributed by atoms with Crippen molar-refractivity contribution in [3.63, 3.8) is 0 Å². The molecule has 0 fully saturated rings. The zero-order valence-corrected chi connectivity index (χ0v) is 28.9. The highest BCUT2D eigenvalue weighted by Gasteiger charge is 2.23. The lowest BCUT2D eigenvalue weighted by atomic mass is 10.0. The molecule has 0 atom stereocenters. The summed E-state index contributed by atoms with van der Waals surface area (Å²) >= 11 is 0. The summed E-state index contributed by atoms with van der Waals surface area (Å²) in [5.41, 5.74) is 12.0. The molecule has 7 aromatic carbocycles. The molecular weight excluding hydrogens is 647 g/mol. The molecule has 0 spiro atoms. The molecule has 5 nitrogen and oxygen atoms in total. The molecule has 0 radical (unpaired) electrons. The number of nitrogens with zero attached hydrogens (tertiary/aromatic N) is 5. The molecule has 2 heterocycles. The normalized spacial score (nSPS) is 11.0. The standard InChI is InChI=1S/C48H35N5/c1-6-19-36(20-7-1)44-29-16-17-31-46(44)53-47(50-45-30-18-32-49-48(45)53)37-33-42(51(38-21-8-2-9-22-38)39-23-10-3-11-24-39)35-43(34-37)52(40-25-12-4-13-26-40)41-27-14-5-15-28-41/h1-35H. The van der Waals surface area contributed by atoms with E-state index in [4.69, 9.17) is 9.97 Å². The fourth-order valence-electron chi connectivity index (χ4n) is 7.05. The first-order chi connectivity index (χ1) is 26.3. The van der Waals surface area contributed by atoms with Crippen LogP contribution in [0.4, 0.5) is 34.1 Å². The van der Waals surface area contributed by atoms with Crippen molar-refractivity contribution in [2.24, 2.45) is 0 Å². The summed E-state index contributed by atoms with van der Waals surface area (Å²) in [7, 11) is 0. The van der Waals surface area contributed by atoms with Gasteiger partial charge in [-0.05, 0) is 90.5 Å². The van der Waals surface area contributed by atoms with Crippen LogP contribution in [-0.4, -0.2) is 14.5 Å². The molecule has 252 valence electrons. The highest BCUT2D eigenvalue weighted by molar-refractivity contribution is 5.90. The summed E-state index contributed by atoms with van der Waals surface area (Å²) in [5, 5.41) is 0. The van der Waals surface area contributed by atoms with Gasteiger partial charge in [-0.15, -0.1) is 0 Å². The maximum Gasteiger partial charge on any atom is 0.164 e. The monoisotopic (exact) mass is 681 g/mol. The van der Waals surface area contributed by atoms with E-state index in [1.165, 1.54) is 0 Å². The van der Waals surface area contributed by atoms with Gasteiger partial charge in [0.2, 0.25) is 0 Å². The average molecular weight is 682 g/mol. The minimum Gasteiger partial charge on any atom is -0.310 e. The summed E-state index contributed by atoms with van der Waals surface area (Å²) in [6, 6.07) is 71.9. The molecule has 5 heteroatoms. The predicted molar refractivity (Wildman–Crippen MR) is 219 cm³/mol. The third-order valence-corrected chi connectivity index (χ3v) is 9.38. The molecule has 0 saturated carbocycles. The van der Waals surface area contributed by atoms with Gasteiger partial charge in [-0.2, -0.15) is 0 Å². The van der Waals surface area contributed by atoms with E-state index >= 15 is 0 Å². The van der Waals surface area contributed by atoms with Gasteiger partial charge >= 0.3 is 0 Å². The van der Waals surface area contributed by atoms with E-state index in [-0.39, 0.29) is 0 Å². The Morgan fingerprint density at radius 2 is 0.830 bits per heavy atom. The lowest BCUT2D eigenvalue weighted by Gasteiger charge is -2.30. The van der Waals surface area contributed by atoms with E-state index in [2.05, 4.69) is 208 Å². The molecule has 0 bridgehead atoms. The fourth-order valence-corrected chi connectivity index (χ4v) is 7.05. The highest BCUT2D eigenvalue weighted by Crippen LogP contribution is 2.44. The Labute approximate surface area is 309 Å². The quantitative estimate of drug-likeness (QED) is 0.152. The minimum absolute atomic E-state index is 0.795. The van der Waals surface area contributed by atoms with Crippen LogP contribution in [0.3, 0.4) is 0 Å². The van der Waals surface area contributed by atoms with Crippen LogP contribution in [0.25, 0.3) is 39.4 Å². The lowest BCUT2D eigenvalue weighted by Crippen LogP contribution is -2.14. The van der Waals surface area contributed by atoms with Crippen molar-refractivity contribution >= 4 is 45.3 Å².